The maximum Gasteiger partial charge on any atom is 0.410 e. The highest BCUT2D eigenvalue weighted by Gasteiger charge is 2.33. The first-order valence-electron chi connectivity index (χ1n) is 8.49. The summed E-state index contributed by atoms with van der Waals surface area (Å²) in [5.41, 5.74) is 2.44. The predicted octanol–water partition coefficient (Wildman–Crippen LogP) is 1.86. The number of nitrogens with zero attached hydrogens (tertiary/aromatic N) is 3. The van der Waals surface area contributed by atoms with Gasteiger partial charge in [-0.25, -0.2) is 4.79 Å². The van der Waals surface area contributed by atoms with Gasteiger partial charge in [0.15, 0.2) is 0 Å². The zero-order chi connectivity index (χ0) is 17.1. The summed E-state index contributed by atoms with van der Waals surface area (Å²) < 4.78 is 4.90. The van der Waals surface area contributed by atoms with Gasteiger partial charge in [0.05, 0.1) is 12.6 Å². The minimum Gasteiger partial charge on any atom is -0.448 e. The molecule has 0 saturated carbocycles. The Kier molecular flexibility index (Phi) is 5.04. The number of carbonyl (C=O) groups is 2. The third-order valence-electron chi connectivity index (χ3n) is 4.61. The van der Waals surface area contributed by atoms with Gasteiger partial charge in [0.25, 0.3) is 0 Å². The molecule has 0 aliphatic carbocycles. The molecule has 1 unspecified atom stereocenters. The van der Waals surface area contributed by atoms with E-state index in [0.717, 1.165) is 25.9 Å². The van der Waals surface area contributed by atoms with Crippen molar-refractivity contribution in [3.8, 4) is 0 Å². The fourth-order valence-corrected chi connectivity index (χ4v) is 3.45. The quantitative estimate of drug-likeness (QED) is 0.826. The van der Waals surface area contributed by atoms with Crippen LogP contribution in [0, 0.1) is 0 Å². The maximum atomic E-state index is 12.6. The topological polar surface area (TPSA) is 53.1 Å². The molecule has 1 aromatic carbocycles. The van der Waals surface area contributed by atoms with Gasteiger partial charge in [-0.3, -0.25) is 9.69 Å². The molecular formula is C18H25N3O3. The molecule has 1 aromatic rings. The van der Waals surface area contributed by atoms with E-state index >= 15 is 0 Å². The van der Waals surface area contributed by atoms with Gasteiger partial charge < -0.3 is 14.5 Å². The van der Waals surface area contributed by atoms with Crippen LogP contribution in [0.25, 0.3) is 0 Å². The first kappa shape index (κ1) is 16.8. The molecule has 3 rings (SSSR count). The number of benzene rings is 1. The molecule has 24 heavy (non-hydrogen) atoms. The summed E-state index contributed by atoms with van der Waals surface area (Å²) in [5.74, 6) is 0.00807. The summed E-state index contributed by atoms with van der Waals surface area (Å²) in [5, 5.41) is 0. The molecule has 2 aliphatic rings. The number of rotatable bonds is 5. The van der Waals surface area contributed by atoms with E-state index in [9.17, 15) is 9.59 Å². The second kappa shape index (κ2) is 7.21. The first-order valence-corrected chi connectivity index (χ1v) is 8.49. The number of carbonyl (C=O) groups excluding carboxylic acids is 2. The Morgan fingerprint density at radius 1 is 1.25 bits per heavy atom. The molecule has 2 amide bonds. The van der Waals surface area contributed by atoms with Crippen molar-refractivity contribution < 1.29 is 14.3 Å². The van der Waals surface area contributed by atoms with Gasteiger partial charge in [-0.1, -0.05) is 24.3 Å². The largest absolute Gasteiger partial charge is 0.448 e. The smallest absolute Gasteiger partial charge is 0.410 e. The number of likely N-dealkylation sites (tertiary alicyclic amines) is 1. The highest BCUT2D eigenvalue weighted by molar-refractivity contribution is 5.83. The summed E-state index contributed by atoms with van der Waals surface area (Å²) in [6, 6.07) is 8.63. The van der Waals surface area contributed by atoms with Crippen LogP contribution in [0.5, 0.6) is 0 Å². The number of cyclic esters (lactones) is 1. The highest BCUT2D eigenvalue weighted by atomic mass is 16.6. The average Bonchev–Trinajstić information content (AvgIpc) is 3.17. The summed E-state index contributed by atoms with van der Waals surface area (Å²) >= 11 is 0. The van der Waals surface area contributed by atoms with Crippen LogP contribution in [0.1, 0.15) is 30.0 Å². The van der Waals surface area contributed by atoms with Gasteiger partial charge >= 0.3 is 6.09 Å². The van der Waals surface area contributed by atoms with Crippen molar-refractivity contribution in [2.45, 2.75) is 25.4 Å². The van der Waals surface area contributed by atoms with Crippen LogP contribution >= 0.6 is 0 Å². The predicted molar refractivity (Wildman–Crippen MR) is 90.4 cm³/mol. The van der Waals surface area contributed by atoms with E-state index in [1.807, 2.05) is 4.90 Å². The number of amides is 2. The highest BCUT2D eigenvalue weighted by Crippen LogP contribution is 2.32. The summed E-state index contributed by atoms with van der Waals surface area (Å²) in [7, 11) is 4.10. The summed E-state index contributed by atoms with van der Waals surface area (Å²) in [6.07, 6.45) is 1.59. The van der Waals surface area contributed by atoms with Crippen LogP contribution in [0.3, 0.4) is 0 Å². The van der Waals surface area contributed by atoms with E-state index in [4.69, 9.17) is 4.74 Å². The number of hydrogen-bond acceptors (Lipinski definition) is 4. The molecule has 2 aliphatic heterocycles. The lowest BCUT2D eigenvalue weighted by Gasteiger charge is -2.27. The normalized spacial score (nSPS) is 20.8. The van der Waals surface area contributed by atoms with Crippen LogP contribution in [0.4, 0.5) is 4.79 Å². The van der Waals surface area contributed by atoms with E-state index in [-0.39, 0.29) is 24.6 Å². The minimum atomic E-state index is -0.382. The molecule has 2 fully saturated rings. The van der Waals surface area contributed by atoms with Gasteiger partial charge in [0, 0.05) is 13.1 Å². The van der Waals surface area contributed by atoms with Crippen molar-refractivity contribution >= 4 is 12.0 Å². The van der Waals surface area contributed by atoms with Crippen molar-refractivity contribution in [2.75, 3.05) is 40.3 Å². The van der Waals surface area contributed by atoms with Gasteiger partial charge in [-0.2, -0.15) is 0 Å². The Balaban J connectivity index is 1.66. The maximum absolute atomic E-state index is 12.6. The Labute approximate surface area is 143 Å². The van der Waals surface area contributed by atoms with Crippen LogP contribution < -0.4 is 0 Å². The number of hydrogen-bond donors (Lipinski definition) is 0. The van der Waals surface area contributed by atoms with E-state index in [2.05, 4.69) is 43.3 Å². The molecular weight excluding hydrogens is 306 g/mol. The molecule has 1 atom stereocenters. The lowest BCUT2D eigenvalue weighted by molar-refractivity contribution is -0.132. The Bertz CT molecular complexity index is 600. The fourth-order valence-electron chi connectivity index (χ4n) is 3.45. The lowest BCUT2D eigenvalue weighted by atomic mass is 10.0. The van der Waals surface area contributed by atoms with Crippen molar-refractivity contribution in [3.05, 3.63) is 35.4 Å². The zero-order valence-corrected chi connectivity index (χ0v) is 14.4. The molecule has 0 bridgehead atoms. The minimum absolute atomic E-state index is 0.00807. The number of ether oxygens (including phenoxy) is 1. The molecule has 2 heterocycles. The molecule has 0 spiro atoms. The van der Waals surface area contributed by atoms with Gasteiger partial charge in [-0.15, -0.1) is 0 Å². The third-order valence-corrected chi connectivity index (χ3v) is 4.61. The van der Waals surface area contributed by atoms with Gasteiger partial charge in [0.1, 0.15) is 13.2 Å². The second-order valence-corrected chi connectivity index (χ2v) is 6.76. The molecule has 0 aromatic heterocycles. The van der Waals surface area contributed by atoms with Gasteiger partial charge in [0.2, 0.25) is 5.91 Å². The van der Waals surface area contributed by atoms with Crippen molar-refractivity contribution in [2.24, 2.45) is 0 Å². The monoisotopic (exact) mass is 331 g/mol. The lowest BCUT2D eigenvalue weighted by Crippen LogP contribution is -2.40. The Morgan fingerprint density at radius 3 is 2.62 bits per heavy atom. The van der Waals surface area contributed by atoms with Crippen molar-refractivity contribution in [3.63, 3.8) is 0 Å². The molecule has 6 heteroatoms. The molecule has 130 valence electrons. The molecule has 6 nitrogen and oxygen atoms in total. The average molecular weight is 331 g/mol. The van der Waals surface area contributed by atoms with E-state index in [1.165, 1.54) is 16.0 Å². The third kappa shape index (κ3) is 3.70. The summed E-state index contributed by atoms with van der Waals surface area (Å²) in [6.45, 7) is 2.66. The molecule has 2 saturated heterocycles. The standard InChI is InChI=1S/C18H25N3O3/c1-19(2)12-14-5-7-15(8-6-14)16-4-3-9-21(16)17(22)13-20-10-11-24-18(20)23/h5-8,16H,3-4,9-13H2,1-2H3. The van der Waals surface area contributed by atoms with Crippen molar-refractivity contribution in [1.29, 1.82) is 0 Å². The van der Waals surface area contributed by atoms with E-state index in [1.54, 1.807) is 0 Å². The second-order valence-electron chi connectivity index (χ2n) is 6.76. The Hall–Kier alpha value is -2.08. The summed E-state index contributed by atoms with van der Waals surface area (Å²) in [4.78, 5) is 29.7. The first-order chi connectivity index (χ1) is 11.5. The van der Waals surface area contributed by atoms with E-state index in [0.29, 0.717) is 13.2 Å². The molecule has 0 N–H and O–H groups in total. The van der Waals surface area contributed by atoms with Crippen LogP contribution in [-0.2, 0) is 16.1 Å². The van der Waals surface area contributed by atoms with Crippen molar-refractivity contribution in [1.82, 2.24) is 14.7 Å². The fraction of sp³-hybridized carbons (Fsp3) is 0.556. The van der Waals surface area contributed by atoms with Crippen LogP contribution in [-0.4, -0.2) is 67.0 Å². The van der Waals surface area contributed by atoms with E-state index < -0.39 is 0 Å². The Morgan fingerprint density at radius 2 is 2.00 bits per heavy atom. The van der Waals surface area contributed by atoms with Crippen LogP contribution in [0.2, 0.25) is 0 Å². The van der Waals surface area contributed by atoms with Gasteiger partial charge in [-0.05, 0) is 38.1 Å². The SMILES string of the molecule is CN(C)Cc1ccc(C2CCCN2C(=O)CN2CCOC2=O)cc1. The molecule has 0 radical (unpaired) electrons. The zero-order valence-electron chi connectivity index (χ0n) is 14.4. The van der Waals surface area contributed by atoms with Crippen LogP contribution in [0.15, 0.2) is 24.3 Å².